The van der Waals surface area contributed by atoms with Gasteiger partial charge in [0.05, 0.1) is 7.11 Å². The molecule has 0 aliphatic carbocycles. The number of fused-ring (bicyclic) bond motifs is 1. The average Bonchev–Trinajstić information content (AvgIpc) is 2.59. The van der Waals surface area contributed by atoms with Crippen molar-refractivity contribution < 1.29 is 9.53 Å². The normalized spacial score (nSPS) is 16.0. The van der Waals surface area contributed by atoms with Gasteiger partial charge in [0.15, 0.2) is 0 Å². The van der Waals surface area contributed by atoms with Gasteiger partial charge in [-0.2, -0.15) is 0 Å². The number of hydrogen-bond donors (Lipinski definition) is 2. The van der Waals surface area contributed by atoms with E-state index in [1.54, 1.807) is 19.2 Å². The molecule has 1 aliphatic heterocycles. The summed E-state index contributed by atoms with van der Waals surface area (Å²) in [7, 11) is 1.60. The summed E-state index contributed by atoms with van der Waals surface area (Å²) in [6.07, 6.45) is 1.04. The SMILES string of the molecule is COc1cccc(C(=O)NCC2NCCc3ccccc32)c1.Cl. The van der Waals surface area contributed by atoms with Crippen LogP contribution in [0.3, 0.4) is 0 Å². The molecule has 2 aromatic rings. The molecule has 0 saturated heterocycles. The molecular formula is C18H21ClN2O2. The fraction of sp³-hybridized carbons (Fsp3) is 0.278. The smallest absolute Gasteiger partial charge is 0.251 e. The number of nitrogens with one attached hydrogen (secondary N) is 2. The molecule has 1 atom stereocenters. The van der Waals surface area contributed by atoms with Crippen LogP contribution in [0.1, 0.15) is 27.5 Å². The van der Waals surface area contributed by atoms with Crippen LogP contribution >= 0.6 is 12.4 Å². The molecule has 5 heteroatoms. The highest BCUT2D eigenvalue weighted by molar-refractivity contribution is 5.94. The van der Waals surface area contributed by atoms with E-state index in [0.29, 0.717) is 17.9 Å². The number of halogens is 1. The van der Waals surface area contributed by atoms with Crippen molar-refractivity contribution in [1.82, 2.24) is 10.6 Å². The minimum absolute atomic E-state index is 0. The van der Waals surface area contributed by atoms with E-state index >= 15 is 0 Å². The molecule has 0 saturated carbocycles. The first-order valence-corrected chi connectivity index (χ1v) is 7.51. The van der Waals surface area contributed by atoms with Crippen molar-refractivity contribution in [2.45, 2.75) is 12.5 Å². The third-order valence-electron chi connectivity index (χ3n) is 4.01. The van der Waals surface area contributed by atoms with Crippen LogP contribution in [0, 0.1) is 0 Å². The van der Waals surface area contributed by atoms with E-state index in [0.717, 1.165) is 13.0 Å². The molecule has 1 amide bonds. The summed E-state index contributed by atoms with van der Waals surface area (Å²) >= 11 is 0. The largest absolute Gasteiger partial charge is 0.497 e. The van der Waals surface area contributed by atoms with Crippen LogP contribution in [0.4, 0.5) is 0 Å². The Morgan fingerprint density at radius 3 is 2.91 bits per heavy atom. The lowest BCUT2D eigenvalue weighted by Crippen LogP contribution is -2.38. The third-order valence-corrected chi connectivity index (χ3v) is 4.01. The molecule has 0 spiro atoms. The molecule has 23 heavy (non-hydrogen) atoms. The summed E-state index contributed by atoms with van der Waals surface area (Å²) in [5.41, 5.74) is 3.25. The minimum atomic E-state index is -0.0799. The van der Waals surface area contributed by atoms with E-state index in [9.17, 15) is 4.79 Å². The van der Waals surface area contributed by atoms with Gasteiger partial charge in [0.2, 0.25) is 0 Å². The molecule has 3 rings (SSSR count). The van der Waals surface area contributed by atoms with Crippen molar-refractivity contribution in [1.29, 1.82) is 0 Å². The van der Waals surface area contributed by atoms with E-state index in [2.05, 4.69) is 28.8 Å². The highest BCUT2D eigenvalue weighted by Gasteiger charge is 2.19. The number of methoxy groups -OCH3 is 1. The molecular weight excluding hydrogens is 312 g/mol. The summed E-state index contributed by atoms with van der Waals surface area (Å²) < 4.78 is 5.15. The number of carbonyl (C=O) groups excluding carboxylic acids is 1. The molecule has 0 aromatic heterocycles. The molecule has 122 valence electrons. The lowest BCUT2D eigenvalue weighted by atomic mass is 9.94. The van der Waals surface area contributed by atoms with Gasteiger partial charge in [0.1, 0.15) is 5.75 Å². The van der Waals surface area contributed by atoms with Crippen LogP contribution < -0.4 is 15.4 Å². The summed E-state index contributed by atoms with van der Waals surface area (Å²) in [4.78, 5) is 12.3. The van der Waals surface area contributed by atoms with Gasteiger partial charge in [-0.3, -0.25) is 4.79 Å². The fourth-order valence-corrected chi connectivity index (χ4v) is 2.84. The Bertz CT molecular complexity index is 676. The number of amides is 1. The summed E-state index contributed by atoms with van der Waals surface area (Å²) in [5.74, 6) is 0.609. The Morgan fingerprint density at radius 2 is 2.09 bits per heavy atom. The van der Waals surface area contributed by atoms with Crippen LogP contribution in [0.5, 0.6) is 5.75 Å². The fourth-order valence-electron chi connectivity index (χ4n) is 2.84. The lowest BCUT2D eigenvalue weighted by molar-refractivity contribution is 0.0948. The van der Waals surface area contributed by atoms with Crippen LogP contribution in [0.15, 0.2) is 48.5 Å². The predicted molar refractivity (Wildman–Crippen MR) is 93.5 cm³/mol. The molecule has 4 nitrogen and oxygen atoms in total. The quantitative estimate of drug-likeness (QED) is 0.905. The summed E-state index contributed by atoms with van der Waals surface area (Å²) in [6, 6.07) is 15.8. The number of carbonyl (C=O) groups is 1. The van der Waals surface area contributed by atoms with Crippen molar-refractivity contribution in [3.63, 3.8) is 0 Å². The molecule has 2 N–H and O–H groups in total. The number of ether oxygens (including phenoxy) is 1. The van der Waals surface area contributed by atoms with E-state index < -0.39 is 0 Å². The Morgan fingerprint density at radius 1 is 1.26 bits per heavy atom. The van der Waals surface area contributed by atoms with E-state index in [-0.39, 0.29) is 24.4 Å². The van der Waals surface area contributed by atoms with Gasteiger partial charge in [-0.25, -0.2) is 0 Å². The molecule has 0 radical (unpaired) electrons. The summed E-state index contributed by atoms with van der Waals surface area (Å²) in [6.45, 7) is 1.52. The van der Waals surface area contributed by atoms with Crippen LogP contribution in [-0.2, 0) is 6.42 Å². The second-order valence-electron chi connectivity index (χ2n) is 5.40. The highest BCUT2D eigenvalue weighted by atomic mass is 35.5. The van der Waals surface area contributed by atoms with Gasteiger partial charge in [-0.15, -0.1) is 12.4 Å². The van der Waals surface area contributed by atoms with Gasteiger partial charge in [-0.05, 0) is 42.3 Å². The predicted octanol–water partition coefficient (Wildman–Crippen LogP) is 2.73. The van der Waals surface area contributed by atoms with Gasteiger partial charge in [0.25, 0.3) is 5.91 Å². The number of hydrogen-bond acceptors (Lipinski definition) is 3. The second kappa shape index (κ2) is 7.99. The van der Waals surface area contributed by atoms with Crippen molar-refractivity contribution in [3.8, 4) is 5.75 Å². The van der Waals surface area contributed by atoms with Crippen LogP contribution in [-0.4, -0.2) is 26.1 Å². The molecule has 2 aromatic carbocycles. The van der Waals surface area contributed by atoms with Crippen molar-refractivity contribution in [2.24, 2.45) is 0 Å². The van der Waals surface area contributed by atoms with Gasteiger partial charge >= 0.3 is 0 Å². The topological polar surface area (TPSA) is 50.4 Å². The maximum absolute atomic E-state index is 12.3. The molecule has 0 bridgehead atoms. The van der Waals surface area contributed by atoms with Gasteiger partial charge < -0.3 is 15.4 Å². The second-order valence-corrected chi connectivity index (χ2v) is 5.40. The van der Waals surface area contributed by atoms with Crippen molar-refractivity contribution in [2.75, 3.05) is 20.2 Å². The Labute approximate surface area is 142 Å². The Balaban J connectivity index is 0.00000192. The van der Waals surface area contributed by atoms with Gasteiger partial charge in [0, 0.05) is 18.2 Å². The number of benzene rings is 2. The molecule has 1 unspecified atom stereocenters. The molecule has 1 heterocycles. The zero-order valence-corrected chi connectivity index (χ0v) is 13.9. The van der Waals surface area contributed by atoms with Crippen LogP contribution in [0.25, 0.3) is 0 Å². The van der Waals surface area contributed by atoms with Gasteiger partial charge in [-0.1, -0.05) is 30.3 Å². The third kappa shape index (κ3) is 4.03. The van der Waals surface area contributed by atoms with Crippen molar-refractivity contribution >= 4 is 18.3 Å². The molecule has 1 aliphatic rings. The lowest BCUT2D eigenvalue weighted by Gasteiger charge is -2.27. The van der Waals surface area contributed by atoms with E-state index in [1.807, 2.05) is 18.2 Å². The average molecular weight is 333 g/mol. The molecule has 0 fully saturated rings. The van der Waals surface area contributed by atoms with E-state index in [1.165, 1.54) is 11.1 Å². The van der Waals surface area contributed by atoms with Crippen LogP contribution in [0.2, 0.25) is 0 Å². The van der Waals surface area contributed by atoms with E-state index in [4.69, 9.17) is 4.74 Å². The first kappa shape index (κ1) is 17.3. The first-order chi connectivity index (χ1) is 10.8. The Kier molecular flexibility index (Phi) is 6.02. The maximum Gasteiger partial charge on any atom is 0.251 e. The van der Waals surface area contributed by atoms with Crippen molar-refractivity contribution in [3.05, 3.63) is 65.2 Å². The minimum Gasteiger partial charge on any atom is -0.497 e. The Hall–Kier alpha value is -2.04. The standard InChI is InChI=1S/C18H20N2O2.ClH/c1-22-15-7-4-6-14(11-15)18(21)20-12-17-16-8-3-2-5-13(16)9-10-19-17;/h2-8,11,17,19H,9-10,12H2,1H3,(H,20,21);1H. The monoisotopic (exact) mass is 332 g/mol. The number of rotatable bonds is 4. The zero-order valence-electron chi connectivity index (χ0n) is 13.0. The summed E-state index contributed by atoms with van der Waals surface area (Å²) in [5, 5.41) is 6.47. The highest BCUT2D eigenvalue weighted by Crippen LogP contribution is 2.22. The zero-order chi connectivity index (χ0) is 15.4. The first-order valence-electron chi connectivity index (χ1n) is 7.51. The maximum atomic E-state index is 12.3.